The van der Waals surface area contributed by atoms with E-state index in [-0.39, 0.29) is 6.42 Å². The molecule has 0 radical (unpaired) electrons. The lowest BCUT2D eigenvalue weighted by molar-refractivity contribution is -0.112. The van der Waals surface area contributed by atoms with Gasteiger partial charge in [0.15, 0.2) is 0 Å². The van der Waals surface area contributed by atoms with Crippen LogP contribution in [0, 0.1) is 6.92 Å². The van der Waals surface area contributed by atoms with E-state index in [0.29, 0.717) is 11.8 Å². The third-order valence-corrected chi connectivity index (χ3v) is 2.01. The highest BCUT2D eigenvalue weighted by Crippen LogP contribution is 2.22. The number of aldehydes is 1. The van der Waals surface area contributed by atoms with E-state index in [0.717, 1.165) is 5.69 Å². The molecule has 0 spiro atoms. The Hall–Kier alpha value is -1.22. The van der Waals surface area contributed by atoms with Crippen molar-refractivity contribution in [2.24, 2.45) is 0 Å². The van der Waals surface area contributed by atoms with Crippen LogP contribution in [-0.2, 0) is 10.4 Å². The third-order valence-electron chi connectivity index (χ3n) is 2.01. The standard InChI is InChI=1S/C10H13NO2/c1-8-3-4-9(7-11-8)10(2,13)5-6-12/h3-4,6-7,13H,5H2,1-2H3. The first-order valence-electron chi connectivity index (χ1n) is 4.15. The fourth-order valence-corrected chi connectivity index (χ4v) is 1.07. The molecule has 0 aliphatic rings. The summed E-state index contributed by atoms with van der Waals surface area (Å²) >= 11 is 0. The van der Waals surface area contributed by atoms with Crippen molar-refractivity contribution in [3.8, 4) is 0 Å². The maximum atomic E-state index is 10.3. The second kappa shape index (κ2) is 3.66. The molecule has 0 aliphatic carbocycles. The topological polar surface area (TPSA) is 50.2 Å². The van der Waals surface area contributed by atoms with E-state index in [4.69, 9.17) is 0 Å². The highest BCUT2D eigenvalue weighted by Gasteiger charge is 2.22. The quantitative estimate of drug-likeness (QED) is 0.709. The number of rotatable bonds is 3. The van der Waals surface area contributed by atoms with Crippen LogP contribution in [0.15, 0.2) is 18.3 Å². The van der Waals surface area contributed by atoms with Gasteiger partial charge in [-0.25, -0.2) is 0 Å². The van der Waals surface area contributed by atoms with Crippen LogP contribution in [0.4, 0.5) is 0 Å². The number of carbonyl (C=O) groups is 1. The molecule has 0 fully saturated rings. The summed E-state index contributed by atoms with van der Waals surface area (Å²) in [5, 5.41) is 9.81. The lowest BCUT2D eigenvalue weighted by Crippen LogP contribution is -2.21. The fourth-order valence-electron chi connectivity index (χ4n) is 1.07. The Morgan fingerprint density at radius 2 is 2.31 bits per heavy atom. The summed E-state index contributed by atoms with van der Waals surface area (Å²) in [5.41, 5.74) is 0.471. The van der Waals surface area contributed by atoms with Crippen LogP contribution in [0.25, 0.3) is 0 Å². The third kappa shape index (κ3) is 2.36. The zero-order chi connectivity index (χ0) is 9.90. The van der Waals surface area contributed by atoms with Crippen LogP contribution in [0.1, 0.15) is 24.6 Å². The summed E-state index contributed by atoms with van der Waals surface area (Å²) in [6.07, 6.45) is 2.40. The van der Waals surface area contributed by atoms with Crippen molar-refractivity contribution < 1.29 is 9.90 Å². The SMILES string of the molecule is Cc1ccc(C(C)(O)CC=O)cn1. The zero-order valence-electron chi connectivity index (χ0n) is 7.82. The molecule has 13 heavy (non-hydrogen) atoms. The second-order valence-corrected chi connectivity index (χ2v) is 3.33. The molecule has 0 saturated heterocycles. The lowest BCUT2D eigenvalue weighted by atomic mass is 9.95. The molecule has 1 aromatic heterocycles. The molecule has 1 atom stereocenters. The van der Waals surface area contributed by atoms with Crippen molar-refractivity contribution in [3.05, 3.63) is 29.6 Å². The summed E-state index contributed by atoms with van der Waals surface area (Å²) < 4.78 is 0. The van der Waals surface area contributed by atoms with Gasteiger partial charge in [0, 0.05) is 23.9 Å². The molecule has 3 heteroatoms. The van der Waals surface area contributed by atoms with Crippen molar-refractivity contribution in [1.82, 2.24) is 4.98 Å². The molecule has 1 rings (SSSR count). The monoisotopic (exact) mass is 179 g/mol. The maximum Gasteiger partial charge on any atom is 0.123 e. The number of aryl methyl sites for hydroxylation is 1. The van der Waals surface area contributed by atoms with Gasteiger partial charge in [0.1, 0.15) is 6.29 Å². The number of carbonyl (C=O) groups excluding carboxylic acids is 1. The van der Waals surface area contributed by atoms with Crippen LogP contribution < -0.4 is 0 Å². The number of pyridine rings is 1. The van der Waals surface area contributed by atoms with Crippen molar-refractivity contribution in [3.63, 3.8) is 0 Å². The maximum absolute atomic E-state index is 10.3. The second-order valence-electron chi connectivity index (χ2n) is 3.33. The predicted molar refractivity (Wildman–Crippen MR) is 49.2 cm³/mol. The van der Waals surface area contributed by atoms with Gasteiger partial charge in [-0.15, -0.1) is 0 Å². The van der Waals surface area contributed by atoms with Crippen LogP contribution in [0.5, 0.6) is 0 Å². The van der Waals surface area contributed by atoms with Gasteiger partial charge in [-0.1, -0.05) is 6.07 Å². The molecule has 0 aromatic carbocycles. The molecule has 0 aliphatic heterocycles. The Balaban J connectivity index is 2.93. The van der Waals surface area contributed by atoms with Crippen molar-refractivity contribution in [2.45, 2.75) is 25.9 Å². The van der Waals surface area contributed by atoms with Gasteiger partial charge in [-0.2, -0.15) is 0 Å². The van der Waals surface area contributed by atoms with E-state index in [1.165, 1.54) is 0 Å². The van der Waals surface area contributed by atoms with Gasteiger partial charge in [0.05, 0.1) is 5.60 Å². The number of hydrogen-bond donors (Lipinski definition) is 1. The first-order chi connectivity index (χ1) is 6.06. The van der Waals surface area contributed by atoms with E-state index in [1.807, 2.05) is 13.0 Å². The smallest absolute Gasteiger partial charge is 0.123 e. The van der Waals surface area contributed by atoms with Crippen molar-refractivity contribution in [1.29, 1.82) is 0 Å². The Morgan fingerprint density at radius 3 is 2.77 bits per heavy atom. The number of aromatic nitrogens is 1. The highest BCUT2D eigenvalue weighted by atomic mass is 16.3. The van der Waals surface area contributed by atoms with E-state index in [1.54, 1.807) is 19.2 Å². The summed E-state index contributed by atoms with van der Waals surface area (Å²) in [4.78, 5) is 14.3. The molecule has 3 nitrogen and oxygen atoms in total. The summed E-state index contributed by atoms with van der Waals surface area (Å²) in [7, 11) is 0. The molecule has 0 amide bonds. The average Bonchev–Trinajstić information content (AvgIpc) is 2.05. The molecule has 0 bridgehead atoms. The van der Waals surface area contributed by atoms with Gasteiger partial charge in [-0.05, 0) is 19.9 Å². The average molecular weight is 179 g/mol. The van der Waals surface area contributed by atoms with Crippen LogP contribution in [0.3, 0.4) is 0 Å². The van der Waals surface area contributed by atoms with Crippen LogP contribution in [-0.4, -0.2) is 16.4 Å². The Morgan fingerprint density at radius 1 is 1.62 bits per heavy atom. The van der Waals surface area contributed by atoms with Gasteiger partial charge >= 0.3 is 0 Å². The number of aliphatic hydroxyl groups is 1. The summed E-state index contributed by atoms with van der Waals surface area (Å²) in [6, 6.07) is 3.60. The fraction of sp³-hybridized carbons (Fsp3) is 0.400. The summed E-state index contributed by atoms with van der Waals surface area (Å²) in [6.45, 7) is 3.48. The highest BCUT2D eigenvalue weighted by molar-refractivity contribution is 5.52. The van der Waals surface area contributed by atoms with Crippen molar-refractivity contribution in [2.75, 3.05) is 0 Å². The normalized spacial score (nSPS) is 15.0. The predicted octanol–water partition coefficient (Wildman–Crippen LogP) is 1.19. The van der Waals surface area contributed by atoms with E-state index in [2.05, 4.69) is 4.98 Å². The Bertz CT molecular complexity index is 290. The molecular weight excluding hydrogens is 166 g/mol. The van der Waals surface area contributed by atoms with E-state index in [9.17, 15) is 9.90 Å². The van der Waals surface area contributed by atoms with Crippen LogP contribution >= 0.6 is 0 Å². The Kier molecular flexibility index (Phi) is 2.78. The molecular formula is C10H13NO2. The number of nitrogens with zero attached hydrogens (tertiary/aromatic N) is 1. The minimum Gasteiger partial charge on any atom is -0.385 e. The first kappa shape index (κ1) is 9.86. The molecule has 70 valence electrons. The van der Waals surface area contributed by atoms with Gasteiger partial charge in [0.25, 0.3) is 0 Å². The van der Waals surface area contributed by atoms with Crippen LogP contribution in [0.2, 0.25) is 0 Å². The minimum absolute atomic E-state index is 0.0950. The molecule has 1 aromatic rings. The number of hydrogen-bond acceptors (Lipinski definition) is 3. The van der Waals surface area contributed by atoms with E-state index < -0.39 is 5.60 Å². The van der Waals surface area contributed by atoms with Crippen molar-refractivity contribution >= 4 is 6.29 Å². The Labute approximate surface area is 77.4 Å². The van der Waals surface area contributed by atoms with Gasteiger partial charge in [-0.3, -0.25) is 4.98 Å². The minimum atomic E-state index is -1.09. The zero-order valence-corrected chi connectivity index (χ0v) is 7.82. The van der Waals surface area contributed by atoms with Gasteiger partial charge < -0.3 is 9.90 Å². The first-order valence-corrected chi connectivity index (χ1v) is 4.15. The lowest BCUT2D eigenvalue weighted by Gasteiger charge is -2.20. The molecule has 0 saturated carbocycles. The molecule has 1 heterocycles. The van der Waals surface area contributed by atoms with E-state index >= 15 is 0 Å². The molecule has 1 unspecified atom stereocenters. The van der Waals surface area contributed by atoms with Gasteiger partial charge in [0.2, 0.25) is 0 Å². The summed E-state index contributed by atoms with van der Waals surface area (Å²) in [5.74, 6) is 0. The largest absolute Gasteiger partial charge is 0.385 e. The molecule has 1 N–H and O–H groups in total.